The molecule has 3 fully saturated rings. The van der Waals surface area contributed by atoms with Crippen molar-refractivity contribution in [1.82, 2.24) is 15.1 Å². The van der Waals surface area contributed by atoms with Crippen LogP contribution in [0.5, 0.6) is 0 Å². The summed E-state index contributed by atoms with van der Waals surface area (Å²) in [5.74, 6) is 0.137. The zero-order chi connectivity index (χ0) is 16.2. The van der Waals surface area contributed by atoms with Crippen molar-refractivity contribution in [3.63, 3.8) is 0 Å². The molecule has 23 heavy (non-hydrogen) atoms. The molecule has 6 nitrogen and oxygen atoms in total. The average Bonchev–Trinajstić information content (AvgIpc) is 3.03. The third-order valence-corrected chi connectivity index (χ3v) is 5.20. The van der Waals surface area contributed by atoms with Gasteiger partial charge in [0.2, 0.25) is 5.91 Å². The Morgan fingerprint density at radius 3 is 2.70 bits per heavy atom. The lowest BCUT2D eigenvalue weighted by atomic mass is 10.2. The van der Waals surface area contributed by atoms with Crippen molar-refractivity contribution in [3.8, 4) is 0 Å². The molecule has 0 unspecified atom stereocenters. The van der Waals surface area contributed by atoms with Crippen molar-refractivity contribution in [2.45, 2.75) is 70.1 Å². The maximum absolute atomic E-state index is 12.4. The molecule has 2 saturated heterocycles. The molecule has 0 aromatic carbocycles. The number of hydrogen-bond acceptors (Lipinski definition) is 3. The third-order valence-electron chi connectivity index (χ3n) is 5.20. The van der Waals surface area contributed by atoms with Crippen LogP contribution >= 0.6 is 0 Å². The summed E-state index contributed by atoms with van der Waals surface area (Å²) in [6.45, 7) is 4.66. The van der Waals surface area contributed by atoms with E-state index in [9.17, 15) is 9.59 Å². The molecule has 0 bridgehead atoms. The number of likely N-dealkylation sites (tertiary alicyclic amines) is 1. The van der Waals surface area contributed by atoms with Gasteiger partial charge in [0, 0.05) is 39.2 Å². The Balaban J connectivity index is 1.45. The Bertz CT molecular complexity index is 433. The van der Waals surface area contributed by atoms with Crippen LogP contribution in [0.2, 0.25) is 0 Å². The molecule has 1 N–H and O–H groups in total. The van der Waals surface area contributed by atoms with Gasteiger partial charge in [-0.05, 0) is 44.9 Å². The number of urea groups is 1. The molecule has 3 amide bonds. The van der Waals surface area contributed by atoms with Gasteiger partial charge in [0.1, 0.15) is 0 Å². The number of ether oxygens (including phenoxy) is 1. The first kappa shape index (κ1) is 16.6. The smallest absolute Gasteiger partial charge is 0.317 e. The van der Waals surface area contributed by atoms with Gasteiger partial charge < -0.3 is 19.9 Å². The number of nitrogens with one attached hydrogen (secondary N) is 1. The van der Waals surface area contributed by atoms with Crippen LogP contribution in [0, 0.1) is 0 Å². The molecule has 3 aliphatic rings. The highest BCUT2D eigenvalue weighted by molar-refractivity contribution is 5.76. The molecule has 1 saturated carbocycles. The highest BCUT2D eigenvalue weighted by Crippen LogP contribution is 2.29. The summed E-state index contributed by atoms with van der Waals surface area (Å²) < 4.78 is 5.58. The fraction of sp³-hybridized carbons (Fsp3) is 0.882. The van der Waals surface area contributed by atoms with Gasteiger partial charge in [-0.2, -0.15) is 0 Å². The second-order valence-corrected chi connectivity index (χ2v) is 7.05. The van der Waals surface area contributed by atoms with Gasteiger partial charge in [-0.3, -0.25) is 4.79 Å². The van der Waals surface area contributed by atoms with Gasteiger partial charge in [-0.25, -0.2) is 4.79 Å². The summed E-state index contributed by atoms with van der Waals surface area (Å²) in [4.78, 5) is 28.1. The predicted octanol–water partition coefficient (Wildman–Crippen LogP) is 1.74. The van der Waals surface area contributed by atoms with Crippen LogP contribution in [0.3, 0.4) is 0 Å². The Kier molecular flexibility index (Phi) is 5.41. The van der Waals surface area contributed by atoms with E-state index in [1.165, 1.54) is 0 Å². The maximum Gasteiger partial charge on any atom is 0.317 e. The fourth-order valence-corrected chi connectivity index (χ4v) is 3.75. The number of amides is 3. The minimum absolute atomic E-state index is 0.0183. The summed E-state index contributed by atoms with van der Waals surface area (Å²) in [5.41, 5.74) is 0. The van der Waals surface area contributed by atoms with E-state index < -0.39 is 0 Å². The Morgan fingerprint density at radius 1 is 1.22 bits per heavy atom. The molecular formula is C17H29N3O3. The highest BCUT2D eigenvalue weighted by Gasteiger charge is 2.36. The summed E-state index contributed by atoms with van der Waals surface area (Å²) in [5, 5.41) is 3.03. The normalized spacial score (nSPS) is 27.3. The first-order chi connectivity index (χ1) is 11.1. The monoisotopic (exact) mass is 323 g/mol. The molecule has 0 radical (unpaired) electrons. The van der Waals surface area contributed by atoms with Crippen LogP contribution < -0.4 is 5.32 Å². The molecular weight excluding hydrogens is 294 g/mol. The predicted molar refractivity (Wildman–Crippen MR) is 87.1 cm³/mol. The lowest BCUT2D eigenvalue weighted by Crippen LogP contribution is -2.49. The second-order valence-electron chi connectivity index (χ2n) is 7.05. The highest BCUT2D eigenvalue weighted by atomic mass is 16.5. The first-order valence-electron chi connectivity index (χ1n) is 9.08. The van der Waals surface area contributed by atoms with Crippen LogP contribution in [0.1, 0.15) is 51.9 Å². The number of hydrogen-bond donors (Lipinski definition) is 1. The average molecular weight is 323 g/mol. The third kappa shape index (κ3) is 4.37. The van der Waals surface area contributed by atoms with E-state index >= 15 is 0 Å². The number of carbonyl (C=O) groups is 2. The van der Waals surface area contributed by atoms with Gasteiger partial charge in [-0.15, -0.1) is 0 Å². The summed E-state index contributed by atoms with van der Waals surface area (Å²) >= 11 is 0. The van der Waals surface area contributed by atoms with Gasteiger partial charge in [-0.1, -0.05) is 0 Å². The second kappa shape index (κ2) is 7.51. The zero-order valence-electron chi connectivity index (χ0n) is 14.1. The van der Waals surface area contributed by atoms with Crippen LogP contribution in [0.4, 0.5) is 4.79 Å². The summed E-state index contributed by atoms with van der Waals surface area (Å²) in [6, 6.07) is 0.601. The number of carbonyl (C=O) groups excluding carboxylic acids is 2. The van der Waals surface area contributed by atoms with Crippen molar-refractivity contribution in [2.24, 2.45) is 0 Å². The Hall–Kier alpha value is -1.30. The van der Waals surface area contributed by atoms with Gasteiger partial charge in [0.25, 0.3) is 0 Å². The molecule has 1 aliphatic carbocycles. The van der Waals surface area contributed by atoms with Gasteiger partial charge in [0.05, 0.1) is 12.1 Å². The molecule has 3 rings (SSSR count). The minimum atomic E-state index is 0.0183. The van der Waals surface area contributed by atoms with Gasteiger partial charge in [0.15, 0.2) is 0 Å². The van der Waals surface area contributed by atoms with Crippen molar-refractivity contribution in [2.75, 3.05) is 26.2 Å². The van der Waals surface area contributed by atoms with E-state index in [1.54, 1.807) is 6.92 Å². The van der Waals surface area contributed by atoms with Crippen LogP contribution in [-0.4, -0.2) is 66.2 Å². The van der Waals surface area contributed by atoms with E-state index in [0.29, 0.717) is 25.2 Å². The lowest BCUT2D eigenvalue weighted by molar-refractivity contribution is -0.130. The van der Waals surface area contributed by atoms with E-state index in [1.807, 2.05) is 9.80 Å². The van der Waals surface area contributed by atoms with Crippen molar-refractivity contribution >= 4 is 11.9 Å². The van der Waals surface area contributed by atoms with Crippen LogP contribution in [-0.2, 0) is 9.53 Å². The molecule has 2 aliphatic heterocycles. The largest absolute Gasteiger partial charge is 0.378 e. The lowest BCUT2D eigenvalue weighted by Gasteiger charge is -2.30. The molecule has 130 valence electrons. The van der Waals surface area contributed by atoms with E-state index in [-0.39, 0.29) is 18.0 Å². The quantitative estimate of drug-likeness (QED) is 0.810. The van der Waals surface area contributed by atoms with E-state index in [4.69, 9.17) is 4.74 Å². The fourth-order valence-electron chi connectivity index (χ4n) is 3.75. The molecule has 2 atom stereocenters. The Morgan fingerprint density at radius 2 is 2.04 bits per heavy atom. The van der Waals surface area contributed by atoms with Crippen LogP contribution in [0.25, 0.3) is 0 Å². The molecule has 2 heterocycles. The van der Waals surface area contributed by atoms with Crippen molar-refractivity contribution < 1.29 is 14.3 Å². The molecule has 0 spiro atoms. The standard InChI is InChI=1S/C17H29N3O3/c1-13(21)20(14-6-7-14)12-15-4-2-10-19(15)17(22)18-9-8-16-5-3-11-23-16/h14-16H,2-12H2,1H3,(H,18,22)/t15-,16+/m1/s1. The topological polar surface area (TPSA) is 61.9 Å². The Labute approximate surface area is 138 Å². The SMILES string of the molecule is CC(=O)N(C[C@H]1CCCN1C(=O)NCC[C@@H]1CCCO1)C1CC1. The molecule has 0 aromatic heterocycles. The van der Waals surface area contributed by atoms with E-state index in [0.717, 1.165) is 58.1 Å². The van der Waals surface area contributed by atoms with E-state index in [2.05, 4.69) is 5.32 Å². The zero-order valence-corrected chi connectivity index (χ0v) is 14.1. The van der Waals surface area contributed by atoms with Crippen molar-refractivity contribution in [3.05, 3.63) is 0 Å². The summed E-state index contributed by atoms with van der Waals surface area (Å²) in [6.07, 6.45) is 7.70. The summed E-state index contributed by atoms with van der Waals surface area (Å²) in [7, 11) is 0. The van der Waals surface area contributed by atoms with Crippen LogP contribution in [0.15, 0.2) is 0 Å². The maximum atomic E-state index is 12.4. The van der Waals surface area contributed by atoms with Crippen molar-refractivity contribution in [1.29, 1.82) is 0 Å². The number of rotatable bonds is 6. The number of nitrogens with zero attached hydrogens (tertiary/aromatic N) is 2. The first-order valence-corrected chi connectivity index (χ1v) is 9.08. The molecule has 0 aromatic rings. The minimum Gasteiger partial charge on any atom is -0.378 e. The molecule has 6 heteroatoms. The van der Waals surface area contributed by atoms with Gasteiger partial charge >= 0.3 is 6.03 Å².